The highest BCUT2D eigenvalue weighted by atomic mass is 35.5. The van der Waals surface area contributed by atoms with Crippen molar-refractivity contribution >= 4 is 56.2 Å². The van der Waals surface area contributed by atoms with Crippen molar-refractivity contribution in [1.29, 1.82) is 0 Å². The van der Waals surface area contributed by atoms with Gasteiger partial charge in [-0.1, -0.05) is 63.4 Å². The second-order valence-electron chi connectivity index (χ2n) is 11.8. The van der Waals surface area contributed by atoms with Crippen molar-refractivity contribution in [2.24, 2.45) is 0 Å². The lowest BCUT2D eigenvalue weighted by Gasteiger charge is -2.27. The van der Waals surface area contributed by atoms with Gasteiger partial charge in [0.2, 0.25) is 5.88 Å². The summed E-state index contributed by atoms with van der Waals surface area (Å²) in [4.78, 5) is 22.5. The fourth-order valence-electron chi connectivity index (χ4n) is 5.47. The van der Waals surface area contributed by atoms with E-state index < -0.39 is 0 Å². The van der Waals surface area contributed by atoms with E-state index in [1.54, 1.807) is 11.3 Å². The van der Waals surface area contributed by atoms with Gasteiger partial charge >= 0.3 is 0 Å². The number of halogens is 1. The zero-order chi connectivity index (χ0) is 34.5. The highest BCUT2D eigenvalue weighted by Crippen LogP contribution is 2.28. The first-order valence-electron chi connectivity index (χ1n) is 16.8. The SMILES string of the molecule is CC/C=C(\CCC)c1ccc(C)c(OCc2nc3ccc(Cl)cc3s2)n1.CCCCc1nc2ccc(C)cc2n1CC1CCO1.O=CO. The van der Waals surface area contributed by atoms with Crippen LogP contribution in [0.25, 0.3) is 26.8 Å². The summed E-state index contributed by atoms with van der Waals surface area (Å²) in [5.41, 5.74) is 7.96. The number of pyridine rings is 1. The number of nitrogens with zero attached hydrogens (tertiary/aromatic N) is 4. The van der Waals surface area contributed by atoms with Crippen LogP contribution in [0.5, 0.6) is 5.88 Å². The Morgan fingerprint density at radius 3 is 2.52 bits per heavy atom. The summed E-state index contributed by atoms with van der Waals surface area (Å²) in [5, 5.41) is 8.54. The number of unbranched alkanes of at least 4 members (excludes halogenated alkanes) is 1. The molecule has 1 N–H and O–H groups in total. The smallest absolute Gasteiger partial charge is 0.290 e. The van der Waals surface area contributed by atoms with Gasteiger partial charge in [0.1, 0.15) is 17.4 Å². The molecule has 1 atom stereocenters. The minimum absolute atomic E-state index is 0.250. The van der Waals surface area contributed by atoms with E-state index in [4.69, 9.17) is 40.9 Å². The molecule has 1 aliphatic heterocycles. The van der Waals surface area contributed by atoms with Crippen LogP contribution in [0, 0.1) is 13.8 Å². The van der Waals surface area contributed by atoms with Crippen LogP contribution in [0.1, 0.15) is 86.9 Å². The van der Waals surface area contributed by atoms with E-state index in [2.05, 4.69) is 73.7 Å². The molecule has 5 aromatic rings. The second-order valence-corrected chi connectivity index (χ2v) is 13.4. The van der Waals surface area contributed by atoms with Gasteiger partial charge in [-0.05, 0) is 87.1 Å². The molecular formula is C38H47ClN4O4S. The molecule has 48 heavy (non-hydrogen) atoms. The van der Waals surface area contributed by atoms with Crippen LogP contribution in [-0.2, 0) is 29.1 Å². The summed E-state index contributed by atoms with van der Waals surface area (Å²) in [6, 6.07) is 16.4. The number of aromatic nitrogens is 4. The van der Waals surface area contributed by atoms with Crippen LogP contribution < -0.4 is 4.74 Å². The summed E-state index contributed by atoms with van der Waals surface area (Å²) in [7, 11) is 0. The van der Waals surface area contributed by atoms with Gasteiger partial charge in [-0.15, -0.1) is 11.3 Å². The van der Waals surface area contributed by atoms with E-state index in [-0.39, 0.29) is 6.47 Å². The molecule has 4 heterocycles. The molecule has 256 valence electrons. The van der Waals surface area contributed by atoms with Crippen molar-refractivity contribution in [3.05, 3.63) is 87.3 Å². The molecule has 0 amide bonds. The van der Waals surface area contributed by atoms with Crippen LogP contribution in [0.15, 0.2) is 54.6 Å². The van der Waals surface area contributed by atoms with Crippen LogP contribution in [-0.4, -0.2) is 43.8 Å². The molecule has 0 radical (unpaired) electrons. The molecular weight excluding hydrogens is 644 g/mol. The first-order chi connectivity index (χ1) is 23.3. The lowest BCUT2D eigenvalue weighted by molar-refractivity contribution is -0.122. The topological polar surface area (TPSA) is 99.4 Å². The van der Waals surface area contributed by atoms with Crippen molar-refractivity contribution in [2.75, 3.05) is 6.61 Å². The van der Waals surface area contributed by atoms with Crippen molar-refractivity contribution in [2.45, 2.75) is 98.8 Å². The Balaban J connectivity index is 0.000000208. The summed E-state index contributed by atoms with van der Waals surface area (Å²) in [5.74, 6) is 1.90. The highest BCUT2D eigenvalue weighted by molar-refractivity contribution is 7.18. The van der Waals surface area contributed by atoms with Gasteiger partial charge in [-0.3, -0.25) is 4.79 Å². The molecule has 1 saturated heterocycles. The first kappa shape index (κ1) is 37.0. The Morgan fingerprint density at radius 1 is 1.06 bits per heavy atom. The van der Waals surface area contributed by atoms with Crippen molar-refractivity contribution < 1.29 is 19.4 Å². The molecule has 1 fully saturated rings. The maximum atomic E-state index is 8.36. The molecule has 0 saturated carbocycles. The molecule has 2 aromatic carbocycles. The Kier molecular flexibility index (Phi) is 14.4. The number of thiazole rings is 1. The molecule has 1 unspecified atom stereocenters. The molecule has 3 aromatic heterocycles. The van der Waals surface area contributed by atoms with Crippen LogP contribution in [0.3, 0.4) is 0 Å². The van der Waals surface area contributed by atoms with Crippen molar-refractivity contribution in [1.82, 2.24) is 19.5 Å². The van der Waals surface area contributed by atoms with E-state index >= 15 is 0 Å². The quantitative estimate of drug-likeness (QED) is 0.130. The number of fused-ring (bicyclic) bond motifs is 2. The fourth-order valence-corrected chi connectivity index (χ4v) is 6.62. The van der Waals surface area contributed by atoms with Crippen molar-refractivity contribution in [3.8, 4) is 5.88 Å². The highest BCUT2D eigenvalue weighted by Gasteiger charge is 2.21. The van der Waals surface area contributed by atoms with E-state index in [0.29, 0.717) is 18.6 Å². The number of benzene rings is 2. The Labute approximate surface area is 292 Å². The Morgan fingerprint density at radius 2 is 1.83 bits per heavy atom. The number of ether oxygens (including phenoxy) is 2. The number of hydrogen-bond acceptors (Lipinski definition) is 7. The molecule has 1 aliphatic rings. The standard InChI is InChI=1S/C21H23ClN2OS.C16H22N2O.CH2O2/c1-4-6-15(7-5-2)17-10-8-14(3)21(24-17)25-13-20-23-18-11-9-16(22)12-19(18)26-20;1-3-4-5-16-17-14-7-6-12(2)10-15(14)18(16)11-13-8-9-19-13;2-1-3/h6,8-12H,4-5,7,13H2,1-3H3;6-7,10,13H,3-5,8-9,11H2,1-2H3;1H,(H,2,3)/b15-6+;;. The fraction of sp³-hybridized carbons (Fsp3) is 0.421. The lowest BCUT2D eigenvalue weighted by atomic mass is 10.0. The zero-order valence-electron chi connectivity index (χ0n) is 28.7. The number of hydrogen-bond donors (Lipinski definition) is 1. The largest absolute Gasteiger partial charge is 0.483 e. The van der Waals surface area contributed by atoms with E-state index in [0.717, 1.165) is 75.9 Å². The number of carboxylic acid groups (broad SMARTS) is 1. The van der Waals surface area contributed by atoms with Crippen LogP contribution in [0.4, 0.5) is 0 Å². The van der Waals surface area contributed by atoms with E-state index in [1.165, 1.54) is 41.7 Å². The Hall–Kier alpha value is -3.79. The molecule has 0 aliphatic carbocycles. The predicted molar refractivity (Wildman–Crippen MR) is 197 cm³/mol. The average molecular weight is 691 g/mol. The van der Waals surface area contributed by atoms with Gasteiger partial charge in [0, 0.05) is 23.6 Å². The molecule has 0 bridgehead atoms. The van der Waals surface area contributed by atoms with Gasteiger partial charge in [0.05, 0.1) is 39.6 Å². The van der Waals surface area contributed by atoms with Gasteiger partial charge in [0.15, 0.2) is 0 Å². The summed E-state index contributed by atoms with van der Waals surface area (Å²) < 4.78 is 15.1. The Bertz CT molecular complexity index is 1810. The summed E-state index contributed by atoms with van der Waals surface area (Å²) in [6.07, 6.45) is 10.4. The van der Waals surface area contributed by atoms with E-state index in [9.17, 15) is 0 Å². The third-order valence-electron chi connectivity index (χ3n) is 7.99. The summed E-state index contributed by atoms with van der Waals surface area (Å²) in [6.45, 7) is 12.8. The minimum atomic E-state index is -0.250. The third kappa shape index (κ3) is 10.1. The number of imidazole rings is 1. The van der Waals surface area contributed by atoms with Crippen molar-refractivity contribution in [3.63, 3.8) is 0 Å². The number of rotatable bonds is 12. The van der Waals surface area contributed by atoms with Crippen LogP contribution >= 0.6 is 22.9 Å². The maximum absolute atomic E-state index is 8.36. The normalized spacial score (nSPS) is 14.1. The molecule has 6 rings (SSSR count). The van der Waals surface area contributed by atoms with E-state index in [1.807, 2.05) is 25.1 Å². The second kappa shape index (κ2) is 18.7. The molecule has 0 spiro atoms. The van der Waals surface area contributed by atoms with Gasteiger partial charge in [-0.25, -0.2) is 15.0 Å². The van der Waals surface area contributed by atoms with Gasteiger partial charge in [0.25, 0.3) is 6.47 Å². The van der Waals surface area contributed by atoms with Gasteiger partial charge in [-0.2, -0.15) is 0 Å². The first-order valence-corrected chi connectivity index (χ1v) is 18.0. The maximum Gasteiger partial charge on any atom is 0.290 e. The molecule has 8 nitrogen and oxygen atoms in total. The number of aryl methyl sites for hydroxylation is 3. The van der Waals surface area contributed by atoms with Gasteiger partial charge < -0.3 is 19.1 Å². The third-order valence-corrected chi connectivity index (χ3v) is 9.22. The minimum Gasteiger partial charge on any atom is -0.483 e. The number of carbonyl (C=O) groups is 1. The monoisotopic (exact) mass is 690 g/mol. The summed E-state index contributed by atoms with van der Waals surface area (Å²) >= 11 is 7.66. The predicted octanol–water partition coefficient (Wildman–Crippen LogP) is 10.0. The molecule has 10 heteroatoms. The lowest BCUT2D eigenvalue weighted by Crippen LogP contribution is -2.31. The van der Waals surface area contributed by atoms with Crippen LogP contribution in [0.2, 0.25) is 5.02 Å². The zero-order valence-corrected chi connectivity index (χ0v) is 30.2. The number of allylic oxidation sites excluding steroid dienone is 2. The average Bonchev–Trinajstić information content (AvgIpc) is 3.61.